The van der Waals surface area contributed by atoms with Gasteiger partial charge in [-0.2, -0.15) is 0 Å². The minimum absolute atomic E-state index is 0.124. The molecule has 1 aliphatic heterocycles. The van der Waals surface area contributed by atoms with Gasteiger partial charge in [0.15, 0.2) is 5.11 Å². The topological polar surface area (TPSA) is 71.4 Å². The highest BCUT2D eigenvalue weighted by Crippen LogP contribution is 2.40. The Morgan fingerprint density at radius 2 is 1.95 bits per heavy atom. The number of amides is 1. The van der Waals surface area contributed by atoms with Gasteiger partial charge in [-0.1, -0.05) is 29.8 Å². The number of anilines is 1. The van der Waals surface area contributed by atoms with Crippen molar-refractivity contribution in [2.24, 2.45) is 0 Å². The fourth-order valence-corrected chi connectivity index (χ4v) is 5.25. The molecule has 1 aliphatic rings. The van der Waals surface area contributed by atoms with E-state index in [9.17, 15) is 4.79 Å². The quantitative estimate of drug-likeness (QED) is 0.271. The number of rotatable bonds is 8. The number of carbonyl (C=O) groups excluding carboxylic acids is 1. The first kappa shape index (κ1) is 25.8. The van der Waals surface area contributed by atoms with Gasteiger partial charge in [0.1, 0.15) is 5.75 Å². The summed E-state index contributed by atoms with van der Waals surface area (Å²) in [6.45, 7) is 2.41. The molecule has 0 bridgehead atoms. The number of pyridine rings is 1. The summed E-state index contributed by atoms with van der Waals surface area (Å²) in [4.78, 5) is 19.7. The van der Waals surface area contributed by atoms with Gasteiger partial charge in [-0.05, 0) is 79.3 Å². The number of benzene rings is 2. The highest BCUT2D eigenvalue weighted by atomic mass is 35.5. The maximum Gasteiger partial charge on any atom is 0.226 e. The van der Waals surface area contributed by atoms with E-state index in [0.717, 1.165) is 27.7 Å². The van der Waals surface area contributed by atoms with Gasteiger partial charge in [-0.25, -0.2) is 0 Å². The molecule has 2 aromatic heterocycles. The Kier molecular flexibility index (Phi) is 7.62. The number of carbonyl (C=O) groups is 1. The smallest absolute Gasteiger partial charge is 0.226 e. The van der Waals surface area contributed by atoms with E-state index in [0.29, 0.717) is 23.1 Å². The molecule has 0 spiro atoms. The fraction of sp³-hybridized carbons (Fsp3) is 0.207. The number of hydrogen-bond donors (Lipinski definition) is 2. The van der Waals surface area contributed by atoms with Crippen LogP contribution in [0.5, 0.6) is 5.75 Å². The normalized spacial score (nSPS) is 16.8. The fourth-order valence-electron chi connectivity index (χ4n) is 4.80. The maximum absolute atomic E-state index is 13.0. The largest absolute Gasteiger partial charge is 0.495 e. The van der Waals surface area contributed by atoms with Gasteiger partial charge >= 0.3 is 0 Å². The van der Waals surface area contributed by atoms with Crippen LogP contribution in [-0.4, -0.2) is 39.1 Å². The molecular weight excluding hydrogens is 518 g/mol. The lowest BCUT2D eigenvalue weighted by Crippen LogP contribution is -2.33. The first-order valence-corrected chi connectivity index (χ1v) is 13.1. The highest BCUT2D eigenvalue weighted by molar-refractivity contribution is 7.80. The molecule has 9 heteroatoms. The van der Waals surface area contributed by atoms with Crippen molar-refractivity contribution in [2.45, 2.75) is 25.4 Å². The van der Waals surface area contributed by atoms with Crippen molar-refractivity contribution >= 4 is 40.5 Å². The number of halogens is 1. The van der Waals surface area contributed by atoms with Crippen LogP contribution in [0.2, 0.25) is 5.02 Å². The van der Waals surface area contributed by atoms with Crippen molar-refractivity contribution < 1.29 is 9.53 Å². The van der Waals surface area contributed by atoms with Crippen LogP contribution >= 0.6 is 23.8 Å². The van der Waals surface area contributed by atoms with E-state index in [2.05, 4.69) is 37.2 Å². The molecule has 2 N–H and O–H groups in total. The van der Waals surface area contributed by atoms with E-state index in [1.54, 1.807) is 13.3 Å². The van der Waals surface area contributed by atoms with Gasteiger partial charge < -0.3 is 24.8 Å². The zero-order valence-corrected chi connectivity index (χ0v) is 22.7. The summed E-state index contributed by atoms with van der Waals surface area (Å²) < 4.78 is 7.51. The molecular formula is C29H28ClN5O2S. The van der Waals surface area contributed by atoms with Crippen LogP contribution < -0.4 is 15.4 Å². The van der Waals surface area contributed by atoms with Gasteiger partial charge in [-0.3, -0.25) is 9.78 Å². The molecule has 0 unspecified atom stereocenters. The average molecular weight is 546 g/mol. The van der Waals surface area contributed by atoms with Crippen molar-refractivity contribution in [3.63, 3.8) is 0 Å². The lowest BCUT2D eigenvalue weighted by molar-refractivity contribution is -0.116. The van der Waals surface area contributed by atoms with Crippen LogP contribution in [-0.2, 0) is 4.79 Å². The van der Waals surface area contributed by atoms with E-state index in [4.69, 9.17) is 28.6 Å². The Morgan fingerprint density at radius 1 is 1.13 bits per heavy atom. The lowest BCUT2D eigenvalue weighted by atomic mass is 10.0. The van der Waals surface area contributed by atoms with E-state index < -0.39 is 0 Å². The summed E-state index contributed by atoms with van der Waals surface area (Å²) in [5.41, 5.74) is 4.53. The highest BCUT2D eigenvalue weighted by Gasteiger charge is 2.41. The second kappa shape index (κ2) is 11.2. The van der Waals surface area contributed by atoms with Crippen LogP contribution in [0.4, 0.5) is 5.69 Å². The number of hydrogen-bond acceptors (Lipinski definition) is 4. The summed E-state index contributed by atoms with van der Waals surface area (Å²) in [7, 11) is 1.58. The zero-order valence-electron chi connectivity index (χ0n) is 21.1. The third kappa shape index (κ3) is 5.23. The molecule has 0 radical (unpaired) electrons. The molecule has 7 nitrogen and oxygen atoms in total. The molecule has 0 saturated carbocycles. The third-order valence-electron chi connectivity index (χ3n) is 6.66. The molecule has 3 heterocycles. The van der Waals surface area contributed by atoms with Crippen molar-refractivity contribution in [3.8, 4) is 11.4 Å². The average Bonchev–Trinajstić information content (AvgIpc) is 3.54. The minimum atomic E-state index is -0.192. The standard InChI is InChI=1S/C29H28ClN5O2S/c1-19-18-20(12-13-21(19)30)34-16-7-10-24(34)28-27(23-9-5-6-15-31-23)33-29(38)35(28)17-14-26(36)32-22-8-3-4-11-25(22)37-2/h3-13,15-16,18,27-28H,14,17H2,1-2H3,(H,32,36)(H,33,38)/t27-,28-/m0/s1. The Bertz CT molecular complexity index is 1460. The molecule has 1 fully saturated rings. The zero-order chi connectivity index (χ0) is 26.6. The molecule has 0 aliphatic carbocycles. The Hall–Kier alpha value is -3.88. The molecule has 5 rings (SSSR count). The number of ether oxygens (including phenoxy) is 1. The van der Waals surface area contributed by atoms with E-state index in [-0.39, 0.29) is 24.4 Å². The number of para-hydroxylation sites is 2. The summed E-state index contributed by atoms with van der Waals surface area (Å²) >= 11 is 12.1. The molecule has 194 valence electrons. The summed E-state index contributed by atoms with van der Waals surface area (Å²) in [6.07, 6.45) is 4.05. The molecule has 2 aromatic carbocycles. The Balaban J connectivity index is 1.45. The number of thiocarbonyl (C=S) groups is 1. The van der Waals surface area contributed by atoms with Gasteiger partial charge in [-0.15, -0.1) is 0 Å². The molecule has 2 atom stereocenters. The van der Waals surface area contributed by atoms with Crippen molar-refractivity contribution in [2.75, 3.05) is 19.0 Å². The van der Waals surface area contributed by atoms with Gasteiger partial charge in [0, 0.05) is 41.8 Å². The van der Waals surface area contributed by atoms with Crippen LogP contribution in [0.25, 0.3) is 5.69 Å². The molecule has 1 amide bonds. The van der Waals surface area contributed by atoms with Crippen molar-refractivity contribution in [3.05, 3.63) is 107 Å². The van der Waals surface area contributed by atoms with Crippen LogP contribution in [0, 0.1) is 6.92 Å². The minimum Gasteiger partial charge on any atom is -0.495 e. The van der Waals surface area contributed by atoms with Gasteiger partial charge in [0.05, 0.1) is 30.6 Å². The predicted molar refractivity (Wildman–Crippen MR) is 154 cm³/mol. The van der Waals surface area contributed by atoms with Crippen molar-refractivity contribution in [1.29, 1.82) is 0 Å². The van der Waals surface area contributed by atoms with E-state index in [1.165, 1.54) is 0 Å². The number of nitrogens with zero attached hydrogens (tertiary/aromatic N) is 3. The SMILES string of the molecule is COc1ccccc1NC(=O)CCN1C(=S)N[C@@H](c2ccccn2)[C@@H]1c1cccn1-c1ccc(Cl)c(C)c1. The van der Waals surface area contributed by atoms with Crippen molar-refractivity contribution in [1.82, 2.24) is 19.8 Å². The summed E-state index contributed by atoms with van der Waals surface area (Å²) in [5, 5.41) is 7.72. The second-order valence-electron chi connectivity index (χ2n) is 9.05. The van der Waals surface area contributed by atoms with E-state index >= 15 is 0 Å². The lowest BCUT2D eigenvalue weighted by Gasteiger charge is -2.29. The Morgan fingerprint density at radius 3 is 2.71 bits per heavy atom. The number of aromatic nitrogens is 2. The molecule has 38 heavy (non-hydrogen) atoms. The number of aryl methyl sites for hydroxylation is 1. The second-order valence-corrected chi connectivity index (χ2v) is 9.85. The summed E-state index contributed by atoms with van der Waals surface area (Å²) in [5.74, 6) is 0.490. The van der Waals surface area contributed by atoms with Crippen LogP contribution in [0.15, 0.2) is 85.2 Å². The maximum atomic E-state index is 13.0. The molecule has 4 aromatic rings. The Labute approximate surface area is 232 Å². The summed E-state index contributed by atoms with van der Waals surface area (Å²) in [6, 6.07) is 22.9. The number of methoxy groups -OCH3 is 1. The van der Waals surface area contributed by atoms with Crippen LogP contribution in [0.1, 0.15) is 35.5 Å². The predicted octanol–water partition coefficient (Wildman–Crippen LogP) is 5.84. The van der Waals surface area contributed by atoms with Gasteiger partial charge in [0.25, 0.3) is 0 Å². The number of nitrogens with one attached hydrogen (secondary N) is 2. The van der Waals surface area contributed by atoms with Crippen LogP contribution in [0.3, 0.4) is 0 Å². The first-order valence-electron chi connectivity index (χ1n) is 12.3. The first-order chi connectivity index (χ1) is 18.5. The third-order valence-corrected chi connectivity index (χ3v) is 7.44. The molecule has 1 saturated heterocycles. The van der Waals surface area contributed by atoms with Gasteiger partial charge in [0.2, 0.25) is 5.91 Å². The monoisotopic (exact) mass is 545 g/mol. The van der Waals surface area contributed by atoms with E-state index in [1.807, 2.05) is 73.8 Å².